The molecule has 0 radical (unpaired) electrons. The van der Waals surface area contributed by atoms with Crippen LogP contribution in [0.5, 0.6) is 11.5 Å². The van der Waals surface area contributed by atoms with Gasteiger partial charge in [0.1, 0.15) is 0 Å². The first kappa shape index (κ1) is 15.4. The zero-order valence-corrected chi connectivity index (χ0v) is 13.2. The molecule has 0 spiro atoms. The number of benzene rings is 2. The number of nitrogens with zero attached hydrogens (tertiary/aromatic N) is 1. The van der Waals surface area contributed by atoms with Gasteiger partial charge in [0, 0.05) is 6.54 Å². The van der Waals surface area contributed by atoms with Crippen LogP contribution < -0.4 is 9.47 Å². The van der Waals surface area contributed by atoms with Crippen molar-refractivity contribution < 1.29 is 9.47 Å². The van der Waals surface area contributed by atoms with E-state index in [4.69, 9.17) is 9.47 Å². The molecule has 2 aromatic carbocycles. The van der Waals surface area contributed by atoms with Crippen molar-refractivity contribution in [3.05, 3.63) is 48.0 Å². The van der Waals surface area contributed by atoms with E-state index in [2.05, 4.69) is 49.3 Å². The maximum atomic E-state index is 5.40. The molecule has 0 aliphatic heterocycles. The van der Waals surface area contributed by atoms with E-state index in [0.29, 0.717) is 0 Å². The van der Waals surface area contributed by atoms with Crippen molar-refractivity contribution in [1.29, 1.82) is 0 Å². The SMILES string of the molecule is COc1ccc(-c2ccccc2CCN(C)C)cc1OC. The summed E-state index contributed by atoms with van der Waals surface area (Å²) in [4.78, 5) is 2.20. The summed E-state index contributed by atoms with van der Waals surface area (Å²) in [5, 5.41) is 0. The number of rotatable bonds is 6. The molecule has 0 atom stereocenters. The van der Waals surface area contributed by atoms with Crippen LogP contribution in [-0.4, -0.2) is 39.8 Å². The van der Waals surface area contributed by atoms with Gasteiger partial charge in [0.05, 0.1) is 14.2 Å². The maximum absolute atomic E-state index is 5.40. The Hall–Kier alpha value is -2.00. The van der Waals surface area contributed by atoms with Gasteiger partial charge in [-0.2, -0.15) is 0 Å². The summed E-state index contributed by atoms with van der Waals surface area (Å²) < 4.78 is 10.7. The largest absolute Gasteiger partial charge is 0.493 e. The van der Waals surface area contributed by atoms with Crippen LogP contribution in [-0.2, 0) is 6.42 Å². The first-order valence-corrected chi connectivity index (χ1v) is 7.10. The van der Waals surface area contributed by atoms with Gasteiger partial charge in [-0.3, -0.25) is 0 Å². The third-order valence-corrected chi connectivity index (χ3v) is 3.54. The first-order chi connectivity index (χ1) is 10.2. The van der Waals surface area contributed by atoms with Crippen LogP contribution in [0.2, 0.25) is 0 Å². The van der Waals surface area contributed by atoms with Gasteiger partial charge in [0.15, 0.2) is 11.5 Å². The summed E-state index contributed by atoms with van der Waals surface area (Å²) in [6.07, 6.45) is 1.03. The van der Waals surface area contributed by atoms with Crippen molar-refractivity contribution in [3.63, 3.8) is 0 Å². The summed E-state index contributed by atoms with van der Waals surface area (Å²) in [7, 11) is 7.51. The van der Waals surface area contributed by atoms with Crippen LogP contribution in [0.1, 0.15) is 5.56 Å². The molecule has 0 heterocycles. The van der Waals surface area contributed by atoms with E-state index >= 15 is 0 Å². The van der Waals surface area contributed by atoms with E-state index in [1.807, 2.05) is 12.1 Å². The topological polar surface area (TPSA) is 21.7 Å². The van der Waals surface area contributed by atoms with Crippen LogP contribution in [0.4, 0.5) is 0 Å². The van der Waals surface area contributed by atoms with Gasteiger partial charge >= 0.3 is 0 Å². The maximum Gasteiger partial charge on any atom is 0.161 e. The van der Waals surface area contributed by atoms with E-state index in [9.17, 15) is 0 Å². The van der Waals surface area contributed by atoms with Crippen molar-refractivity contribution in [2.45, 2.75) is 6.42 Å². The van der Waals surface area contributed by atoms with Crippen LogP contribution in [0.25, 0.3) is 11.1 Å². The number of hydrogen-bond donors (Lipinski definition) is 0. The Morgan fingerprint density at radius 3 is 2.29 bits per heavy atom. The van der Waals surface area contributed by atoms with E-state index in [1.165, 1.54) is 11.1 Å². The molecule has 3 heteroatoms. The third-order valence-electron chi connectivity index (χ3n) is 3.54. The average Bonchev–Trinajstić information content (AvgIpc) is 2.52. The number of methoxy groups -OCH3 is 2. The standard InChI is InChI=1S/C18H23NO2/c1-19(2)12-11-14-7-5-6-8-16(14)15-9-10-17(20-3)18(13-15)21-4/h5-10,13H,11-12H2,1-4H3. The summed E-state index contributed by atoms with van der Waals surface area (Å²) in [5.74, 6) is 1.52. The molecule has 2 aromatic rings. The Morgan fingerprint density at radius 2 is 1.62 bits per heavy atom. The minimum atomic E-state index is 0.757. The normalized spacial score (nSPS) is 10.7. The lowest BCUT2D eigenvalue weighted by Gasteiger charge is -2.14. The Balaban J connectivity index is 2.37. The Labute approximate surface area is 127 Å². The Morgan fingerprint density at radius 1 is 0.905 bits per heavy atom. The molecule has 0 saturated heterocycles. The van der Waals surface area contributed by atoms with Crippen molar-refractivity contribution in [3.8, 4) is 22.6 Å². The molecular weight excluding hydrogens is 262 g/mol. The van der Waals surface area contributed by atoms with Gasteiger partial charge in [0.2, 0.25) is 0 Å². The summed E-state index contributed by atoms with van der Waals surface area (Å²) in [6, 6.07) is 14.6. The summed E-state index contributed by atoms with van der Waals surface area (Å²) >= 11 is 0. The summed E-state index contributed by atoms with van der Waals surface area (Å²) in [6.45, 7) is 1.03. The van der Waals surface area contributed by atoms with E-state index in [1.54, 1.807) is 14.2 Å². The fourth-order valence-electron chi connectivity index (χ4n) is 2.37. The van der Waals surface area contributed by atoms with Gasteiger partial charge < -0.3 is 14.4 Å². The molecule has 0 N–H and O–H groups in total. The van der Waals surface area contributed by atoms with Gasteiger partial charge in [0.25, 0.3) is 0 Å². The molecule has 0 aliphatic rings. The highest BCUT2D eigenvalue weighted by molar-refractivity contribution is 5.70. The molecule has 0 fully saturated rings. The predicted octanol–water partition coefficient (Wildman–Crippen LogP) is 3.47. The lowest BCUT2D eigenvalue weighted by molar-refractivity contribution is 0.355. The van der Waals surface area contributed by atoms with E-state index in [-0.39, 0.29) is 0 Å². The molecular formula is C18H23NO2. The smallest absolute Gasteiger partial charge is 0.161 e. The first-order valence-electron chi connectivity index (χ1n) is 7.10. The second kappa shape index (κ2) is 7.14. The van der Waals surface area contributed by atoms with Gasteiger partial charge in [-0.15, -0.1) is 0 Å². The zero-order chi connectivity index (χ0) is 15.2. The van der Waals surface area contributed by atoms with Crippen molar-refractivity contribution in [1.82, 2.24) is 4.90 Å². The number of hydrogen-bond acceptors (Lipinski definition) is 3. The second-order valence-corrected chi connectivity index (χ2v) is 5.28. The molecule has 0 unspecified atom stereocenters. The average molecular weight is 285 g/mol. The van der Waals surface area contributed by atoms with Crippen molar-refractivity contribution in [2.24, 2.45) is 0 Å². The molecule has 21 heavy (non-hydrogen) atoms. The Bertz CT molecular complexity index is 594. The third kappa shape index (κ3) is 3.76. The van der Waals surface area contributed by atoms with Crippen LogP contribution in [0.3, 0.4) is 0 Å². The van der Waals surface area contributed by atoms with Crippen molar-refractivity contribution >= 4 is 0 Å². The second-order valence-electron chi connectivity index (χ2n) is 5.28. The molecule has 0 aliphatic carbocycles. The molecule has 0 saturated carbocycles. The van der Waals surface area contributed by atoms with E-state index < -0.39 is 0 Å². The molecule has 112 valence electrons. The fraction of sp³-hybridized carbons (Fsp3) is 0.333. The zero-order valence-electron chi connectivity index (χ0n) is 13.2. The van der Waals surface area contributed by atoms with E-state index in [0.717, 1.165) is 30.0 Å². The van der Waals surface area contributed by atoms with Gasteiger partial charge in [-0.1, -0.05) is 30.3 Å². The minimum absolute atomic E-state index is 0.757. The van der Waals surface area contributed by atoms with Crippen LogP contribution >= 0.6 is 0 Å². The molecule has 0 aromatic heterocycles. The lowest BCUT2D eigenvalue weighted by Crippen LogP contribution is -2.15. The monoisotopic (exact) mass is 285 g/mol. The van der Waals surface area contributed by atoms with Gasteiger partial charge in [-0.25, -0.2) is 0 Å². The predicted molar refractivity (Wildman–Crippen MR) is 87.2 cm³/mol. The molecule has 3 nitrogen and oxygen atoms in total. The summed E-state index contributed by atoms with van der Waals surface area (Å²) in [5.41, 5.74) is 3.75. The molecule has 0 amide bonds. The van der Waals surface area contributed by atoms with Crippen LogP contribution in [0, 0.1) is 0 Å². The van der Waals surface area contributed by atoms with Crippen molar-refractivity contribution in [2.75, 3.05) is 34.9 Å². The quantitative estimate of drug-likeness (QED) is 0.811. The lowest BCUT2D eigenvalue weighted by atomic mass is 9.97. The van der Waals surface area contributed by atoms with Gasteiger partial charge in [-0.05, 0) is 49.3 Å². The highest BCUT2D eigenvalue weighted by Crippen LogP contribution is 2.33. The fourth-order valence-corrected chi connectivity index (χ4v) is 2.37. The highest BCUT2D eigenvalue weighted by Gasteiger charge is 2.09. The number of ether oxygens (including phenoxy) is 2. The molecule has 2 rings (SSSR count). The molecule has 0 bridgehead atoms. The Kier molecular flexibility index (Phi) is 5.23. The van der Waals surface area contributed by atoms with Crippen LogP contribution in [0.15, 0.2) is 42.5 Å². The highest BCUT2D eigenvalue weighted by atomic mass is 16.5. The number of likely N-dealkylation sites (N-methyl/N-ethyl adjacent to an activating group) is 1. The minimum Gasteiger partial charge on any atom is -0.493 e.